The van der Waals surface area contributed by atoms with Gasteiger partial charge in [0, 0.05) is 0 Å². The van der Waals surface area contributed by atoms with E-state index in [2.05, 4.69) is 63.2 Å². The SMILES string of the molecule is Cl.Cl.[CH2-]c1c(C2=C(C)C=C(C)C2)ccc2ccccc12.[NH-]c1ccccc1.[Ti+2]. The quantitative estimate of drug-likeness (QED) is 0.265. The first-order valence-corrected chi connectivity index (χ1v) is 8.54. The molecule has 4 rings (SSSR count). The van der Waals surface area contributed by atoms with Gasteiger partial charge >= 0.3 is 21.7 Å². The molecule has 0 amide bonds. The first kappa shape index (κ1) is 26.4. The van der Waals surface area contributed by atoms with E-state index >= 15 is 0 Å². The number of benzene rings is 3. The predicted molar refractivity (Wildman–Crippen MR) is 124 cm³/mol. The molecule has 144 valence electrons. The molecule has 0 saturated heterocycles. The summed E-state index contributed by atoms with van der Waals surface area (Å²) in [7, 11) is 0. The molecule has 0 aliphatic heterocycles. The molecule has 0 fully saturated rings. The van der Waals surface area contributed by atoms with Gasteiger partial charge in [0.25, 0.3) is 0 Å². The van der Waals surface area contributed by atoms with Gasteiger partial charge in [-0.1, -0.05) is 82.8 Å². The maximum atomic E-state index is 7.00. The molecule has 0 bridgehead atoms. The molecular formula is C24H25Cl2NTi. The van der Waals surface area contributed by atoms with E-state index in [9.17, 15) is 0 Å². The Kier molecular flexibility index (Phi) is 11.3. The Bertz CT molecular complexity index is 963. The van der Waals surface area contributed by atoms with Crippen molar-refractivity contribution in [1.29, 1.82) is 0 Å². The van der Waals surface area contributed by atoms with Gasteiger partial charge in [0.2, 0.25) is 0 Å². The molecule has 3 aromatic rings. The summed E-state index contributed by atoms with van der Waals surface area (Å²) in [4.78, 5) is 0. The predicted octanol–water partition coefficient (Wildman–Crippen LogP) is 8.36. The summed E-state index contributed by atoms with van der Waals surface area (Å²) in [5.74, 6) is 0. The van der Waals surface area contributed by atoms with Crippen LogP contribution in [-0.2, 0) is 21.7 Å². The molecule has 0 spiro atoms. The van der Waals surface area contributed by atoms with Crippen molar-refractivity contribution in [3.05, 3.63) is 108 Å². The Hall–Kier alpha value is -1.64. The van der Waals surface area contributed by atoms with E-state index in [4.69, 9.17) is 5.73 Å². The molecule has 0 saturated carbocycles. The number of nitrogens with one attached hydrogen (secondary N) is 1. The largest absolute Gasteiger partial charge is 2.00 e. The average molecular weight is 446 g/mol. The van der Waals surface area contributed by atoms with Gasteiger partial charge < -0.3 is 5.73 Å². The summed E-state index contributed by atoms with van der Waals surface area (Å²) in [5.41, 5.74) is 14.3. The van der Waals surface area contributed by atoms with Crippen molar-refractivity contribution in [2.45, 2.75) is 20.3 Å². The molecule has 1 aliphatic carbocycles. The van der Waals surface area contributed by atoms with Crippen LogP contribution in [0.2, 0.25) is 0 Å². The standard InChI is InChI=1S/C18H17.C6H6N.2ClH.Ti/c1-12-10-13(2)18(11-12)17-9-8-15-6-4-5-7-16(15)14(17)3;7-6-4-2-1-3-5-6;;;/h4-10H,3,11H2,1-2H3;1-5,7H;2*1H;/q2*-1;;;+2. The fourth-order valence-corrected chi connectivity index (χ4v) is 3.29. The summed E-state index contributed by atoms with van der Waals surface area (Å²) < 4.78 is 0. The van der Waals surface area contributed by atoms with Crippen molar-refractivity contribution >= 4 is 46.8 Å². The van der Waals surface area contributed by atoms with E-state index in [0.717, 1.165) is 12.0 Å². The van der Waals surface area contributed by atoms with Crippen LogP contribution in [0.4, 0.5) is 5.69 Å². The fourth-order valence-electron chi connectivity index (χ4n) is 3.29. The Morgan fingerprint density at radius 1 is 0.821 bits per heavy atom. The zero-order valence-corrected chi connectivity index (χ0v) is 19.4. The molecule has 1 N–H and O–H groups in total. The van der Waals surface area contributed by atoms with Crippen LogP contribution in [0.1, 0.15) is 31.4 Å². The molecule has 0 unspecified atom stereocenters. The second kappa shape index (κ2) is 12.0. The second-order valence-electron chi connectivity index (χ2n) is 6.51. The van der Waals surface area contributed by atoms with Crippen molar-refractivity contribution < 1.29 is 21.7 Å². The van der Waals surface area contributed by atoms with Crippen LogP contribution in [0.3, 0.4) is 0 Å². The third-order valence-electron chi connectivity index (χ3n) is 4.53. The van der Waals surface area contributed by atoms with Gasteiger partial charge in [0.15, 0.2) is 0 Å². The molecule has 1 nitrogen and oxygen atoms in total. The number of allylic oxidation sites excluding steroid dienone is 4. The molecule has 0 atom stereocenters. The maximum absolute atomic E-state index is 7.00. The summed E-state index contributed by atoms with van der Waals surface area (Å²) in [6.45, 7) is 8.69. The molecule has 28 heavy (non-hydrogen) atoms. The van der Waals surface area contributed by atoms with Gasteiger partial charge in [-0.15, -0.1) is 53.6 Å². The zero-order chi connectivity index (χ0) is 17.8. The van der Waals surface area contributed by atoms with E-state index in [1.54, 1.807) is 12.1 Å². The average Bonchev–Trinajstić information content (AvgIpc) is 2.95. The van der Waals surface area contributed by atoms with Gasteiger partial charge in [0.05, 0.1) is 0 Å². The minimum atomic E-state index is 0. The summed E-state index contributed by atoms with van der Waals surface area (Å²) in [6, 6.07) is 22.0. The topological polar surface area (TPSA) is 23.8 Å². The molecule has 3 aromatic carbocycles. The summed E-state index contributed by atoms with van der Waals surface area (Å²) >= 11 is 0. The molecular weight excluding hydrogens is 421 g/mol. The van der Waals surface area contributed by atoms with Crippen molar-refractivity contribution in [3.8, 4) is 0 Å². The molecule has 4 heteroatoms. The van der Waals surface area contributed by atoms with Crippen LogP contribution in [-0.4, -0.2) is 0 Å². The Morgan fingerprint density at radius 3 is 1.96 bits per heavy atom. The summed E-state index contributed by atoms with van der Waals surface area (Å²) in [6.07, 6.45) is 3.34. The number of fused-ring (bicyclic) bond motifs is 1. The van der Waals surface area contributed by atoms with E-state index in [1.807, 2.05) is 18.2 Å². The van der Waals surface area contributed by atoms with E-state index in [1.165, 1.54) is 33.1 Å². The number of hydrogen-bond acceptors (Lipinski definition) is 0. The van der Waals surface area contributed by atoms with Crippen LogP contribution in [0, 0.1) is 6.92 Å². The molecule has 0 radical (unpaired) electrons. The van der Waals surface area contributed by atoms with Crippen molar-refractivity contribution in [2.24, 2.45) is 0 Å². The third-order valence-corrected chi connectivity index (χ3v) is 4.53. The fraction of sp³-hybridized carbons (Fsp3) is 0.125. The Balaban J connectivity index is 0.000000630. The van der Waals surface area contributed by atoms with Gasteiger partial charge in [-0.25, -0.2) is 0 Å². The van der Waals surface area contributed by atoms with E-state index in [-0.39, 0.29) is 46.5 Å². The van der Waals surface area contributed by atoms with E-state index < -0.39 is 0 Å². The zero-order valence-electron chi connectivity index (χ0n) is 16.2. The minimum absolute atomic E-state index is 0. The molecule has 0 aromatic heterocycles. The van der Waals surface area contributed by atoms with Crippen LogP contribution in [0.5, 0.6) is 0 Å². The van der Waals surface area contributed by atoms with Crippen molar-refractivity contribution in [1.82, 2.24) is 0 Å². The third kappa shape index (κ3) is 6.19. The number of rotatable bonds is 1. The maximum Gasteiger partial charge on any atom is 2.00 e. The number of halogens is 2. The monoisotopic (exact) mass is 445 g/mol. The second-order valence-corrected chi connectivity index (χ2v) is 6.51. The first-order valence-electron chi connectivity index (χ1n) is 8.54. The van der Waals surface area contributed by atoms with Gasteiger partial charge in [-0.05, 0) is 20.3 Å². The minimum Gasteiger partial charge on any atom is -0.699 e. The molecule has 1 aliphatic rings. The Morgan fingerprint density at radius 2 is 1.43 bits per heavy atom. The Labute approximate surface area is 195 Å². The van der Waals surface area contributed by atoms with Crippen LogP contribution < -0.4 is 0 Å². The first-order chi connectivity index (χ1) is 12.1. The number of hydrogen-bond donors (Lipinski definition) is 0. The molecule has 0 heterocycles. The van der Waals surface area contributed by atoms with E-state index in [0.29, 0.717) is 5.69 Å². The summed E-state index contributed by atoms with van der Waals surface area (Å²) in [5, 5.41) is 2.53. The normalized spacial score (nSPS) is 12.0. The van der Waals surface area contributed by atoms with Crippen LogP contribution >= 0.6 is 24.8 Å². The van der Waals surface area contributed by atoms with Crippen LogP contribution in [0.15, 0.2) is 84.0 Å². The van der Waals surface area contributed by atoms with Crippen LogP contribution in [0.25, 0.3) is 22.1 Å². The van der Waals surface area contributed by atoms with Gasteiger partial charge in [-0.2, -0.15) is 12.5 Å². The van der Waals surface area contributed by atoms with Gasteiger partial charge in [0.1, 0.15) is 0 Å². The van der Waals surface area contributed by atoms with Crippen molar-refractivity contribution in [2.75, 3.05) is 0 Å². The van der Waals surface area contributed by atoms with Crippen molar-refractivity contribution in [3.63, 3.8) is 0 Å². The van der Waals surface area contributed by atoms with Gasteiger partial charge in [-0.3, -0.25) is 0 Å². The smallest absolute Gasteiger partial charge is 0.699 e.